The lowest BCUT2D eigenvalue weighted by Crippen LogP contribution is -2.47. The number of nitrogens with one attached hydrogen (secondary N) is 2. The Balaban J connectivity index is 0.00000320. The Morgan fingerprint density at radius 1 is 1.37 bits per heavy atom. The molecule has 1 aliphatic rings. The second kappa shape index (κ2) is 12.2. The average Bonchev–Trinajstić information content (AvgIpc) is 3.34. The molecule has 0 saturated heterocycles. The van der Waals surface area contributed by atoms with Crippen LogP contribution in [0.1, 0.15) is 56.5 Å². The van der Waals surface area contributed by atoms with E-state index in [2.05, 4.69) is 29.6 Å². The molecule has 8 heteroatoms. The van der Waals surface area contributed by atoms with Gasteiger partial charge >= 0.3 is 0 Å². The molecule has 1 saturated carbocycles. The Kier molecular flexibility index (Phi) is 10.0. The van der Waals surface area contributed by atoms with Crippen molar-refractivity contribution in [1.82, 2.24) is 20.4 Å². The molecule has 2 aromatic rings. The van der Waals surface area contributed by atoms with Crippen molar-refractivity contribution >= 4 is 29.9 Å². The van der Waals surface area contributed by atoms with Crippen LogP contribution in [0.2, 0.25) is 0 Å². The summed E-state index contributed by atoms with van der Waals surface area (Å²) < 4.78 is 12.8. The first-order valence-electron chi connectivity index (χ1n) is 10.8. The van der Waals surface area contributed by atoms with E-state index in [4.69, 9.17) is 14.1 Å². The fourth-order valence-corrected chi connectivity index (χ4v) is 4.08. The summed E-state index contributed by atoms with van der Waals surface area (Å²) in [4.78, 5) is 4.90. The van der Waals surface area contributed by atoms with Crippen LogP contribution in [0.15, 0.2) is 27.8 Å². The van der Waals surface area contributed by atoms with Gasteiger partial charge < -0.3 is 19.8 Å². The molecule has 0 spiro atoms. The van der Waals surface area contributed by atoms with E-state index < -0.39 is 0 Å². The fourth-order valence-electron chi connectivity index (χ4n) is 4.08. The molecule has 0 radical (unpaired) electrons. The molecule has 2 heterocycles. The number of guanidine groups is 1. The highest BCUT2D eigenvalue weighted by Gasteiger charge is 2.22. The molecule has 0 aromatic carbocycles. The third-order valence-electron chi connectivity index (χ3n) is 5.77. The Bertz CT molecular complexity index is 788. The topological polar surface area (TPSA) is 76.6 Å². The van der Waals surface area contributed by atoms with E-state index >= 15 is 0 Å². The van der Waals surface area contributed by atoms with Crippen molar-refractivity contribution in [3.05, 3.63) is 35.4 Å². The Morgan fingerprint density at radius 2 is 2.17 bits per heavy atom. The average molecular weight is 529 g/mol. The smallest absolute Gasteiger partial charge is 0.216 e. The number of aryl methyl sites for hydroxylation is 2. The van der Waals surface area contributed by atoms with E-state index in [0.717, 1.165) is 48.2 Å². The number of methoxy groups -OCH3 is 1. The van der Waals surface area contributed by atoms with E-state index in [9.17, 15) is 0 Å². The number of halogens is 1. The Hall–Kier alpha value is -1.71. The van der Waals surface area contributed by atoms with Crippen LogP contribution >= 0.6 is 24.0 Å². The minimum Gasteiger partial charge on any atom is -0.481 e. The van der Waals surface area contributed by atoms with Crippen LogP contribution in [-0.4, -0.2) is 35.4 Å². The quantitative estimate of drug-likeness (QED) is 0.307. The van der Waals surface area contributed by atoms with E-state index in [-0.39, 0.29) is 24.0 Å². The minimum absolute atomic E-state index is 0. The zero-order chi connectivity index (χ0) is 20.6. The number of hydrogen-bond donors (Lipinski definition) is 2. The highest BCUT2D eigenvalue weighted by Crippen LogP contribution is 2.24. The number of aromatic nitrogens is 2. The normalized spacial score (nSPS) is 19.3. The van der Waals surface area contributed by atoms with Crippen LogP contribution in [0.5, 0.6) is 5.88 Å². The first kappa shape index (κ1) is 24.6. The summed E-state index contributed by atoms with van der Waals surface area (Å²) in [6.07, 6.45) is 8.46. The van der Waals surface area contributed by atoms with Crippen molar-refractivity contribution in [2.45, 2.75) is 65.0 Å². The van der Waals surface area contributed by atoms with Crippen LogP contribution in [-0.2, 0) is 26.4 Å². The molecule has 168 valence electrons. The van der Waals surface area contributed by atoms with Gasteiger partial charge in [0.15, 0.2) is 5.96 Å². The van der Waals surface area contributed by atoms with Crippen LogP contribution < -0.4 is 15.4 Å². The highest BCUT2D eigenvalue weighted by atomic mass is 127. The lowest BCUT2D eigenvalue weighted by Gasteiger charge is -2.31. The number of nitrogens with zero attached hydrogens (tertiary/aromatic N) is 3. The van der Waals surface area contributed by atoms with Gasteiger partial charge in [0.1, 0.15) is 5.76 Å². The lowest BCUT2D eigenvalue weighted by molar-refractivity contribution is 0.306. The SMILES string of the molecule is CCc1nn(C)c(OC)c1CN=C(NCCc1ccco1)NC1CCCCC1C.I. The van der Waals surface area contributed by atoms with Gasteiger partial charge in [0.2, 0.25) is 5.88 Å². The summed E-state index contributed by atoms with van der Waals surface area (Å²) in [5.74, 6) is 3.26. The zero-order valence-electron chi connectivity index (χ0n) is 18.6. The molecule has 30 heavy (non-hydrogen) atoms. The van der Waals surface area contributed by atoms with Gasteiger partial charge in [0.25, 0.3) is 0 Å². The second-order valence-corrected chi connectivity index (χ2v) is 7.85. The summed E-state index contributed by atoms with van der Waals surface area (Å²) in [5, 5.41) is 11.7. The molecule has 0 bridgehead atoms. The number of aliphatic imine (C=N–C) groups is 1. The maximum absolute atomic E-state index is 5.57. The molecular formula is C22H36IN5O2. The molecule has 2 aromatic heterocycles. The van der Waals surface area contributed by atoms with Crippen molar-refractivity contribution < 1.29 is 9.15 Å². The van der Waals surface area contributed by atoms with Gasteiger partial charge in [-0.1, -0.05) is 26.7 Å². The maximum atomic E-state index is 5.57. The number of furan rings is 1. The third-order valence-corrected chi connectivity index (χ3v) is 5.77. The number of hydrogen-bond acceptors (Lipinski definition) is 4. The third kappa shape index (κ3) is 6.39. The van der Waals surface area contributed by atoms with Gasteiger partial charge in [-0.25, -0.2) is 9.67 Å². The van der Waals surface area contributed by atoms with Gasteiger partial charge in [-0.2, -0.15) is 5.10 Å². The second-order valence-electron chi connectivity index (χ2n) is 7.85. The maximum Gasteiger partial charge on any atom is 0.216 e. The largest absolute Gasteiger partial charge is 0.481 e. The van der Waals surface area contributed by atoms with E-state index in [1.54, 1.807) is 18.1 Å². The van der Waals surface area contributed by atoms with Gasteiger partial charge in [0.05, 0.1) is 31.2 Å². The molecule has 2 atom stereocenters. The van der Waals surface area contributed by atoms with Crippen molar-refractivity contribution in [1.29, 1.82) is 0 Å². The first-order chi connectivity index (χ1) is 14.1. The number of ether oxygens (including phenoxy) is 1. The predicted octanol–water partition coefficient (Wildman–Crippen LogP) is 4.06. The molecular weight excluding hydrogens is 493 g/mol. The lowest BCUT2D eigenvalue weighted by atomic mass is 9.86. The van der Waals surface area contributed by atoms with E-state index in [1.807, 2.05) is 19.2 Å². The summed E-state index contributed by atoms with van der Waals surface area (Å²) in [5.41, 5.74) is 2.09. The Morgan fingerprint density at radius 3 is 2.83 bits per heavy atom. The van der Waals surface area contributed by atoms with Crippen molar-refractivity contribution in [3.8, 4) is 5.88 Å². The Labute approximate surface area is 197 Å². The zero-order valence-corrected chi connectivity index (χ0v) is 20.9. The van der Waals surface area contributed by atoms with E-state index in [1.165, 1.54) is 25.7 Å². The molecule has 0 amide bonds. The van der Waals surface area contributed by atoms with Gasteiger partial charge in [-0.05, 0) is 37.3 Å². The van der Waals surface area contributed by atoms with Gasteiger partial charge in [0, 0.05) is 26.1 Å². The molecule has 0 aliphatic heterocycles. The highest BCUT2D eigenvalue weighted by molar-refractivity contribution is 14.0. The van der Waals surface area contributed by atoms with Crippen LogP contribution in [0.25, 0.3) is 0 Å². The van der Waals surface area contributed by atoms with E-state index in [0.29, 0.717) is 18.5 Å². The summed E-state index contributed by atoms with van der Waals surface area (Å²) in [6.45, 7) is 5.75. The summed E-state index contributed by atoms with van der Waals surface area (Å²) in [6, 6.07) is 4.39. The monoisotopic (exact) mass is 529 g/mol. The first-order valence-corrected chi connectivity index (χ1v) is 10.8. The molecule has 1 fully saturated rings. The van der Waals surface area contributed by atoms with Gasteiger partial charge in [-0.15, -0.1) is 24.0 Å². The summed E-state index contributed by atoms with van der Waals surface area (Å²) >= 11 is 0. The molecule has 2 N–H and O–H groups in total. The number of rotatable bonds is 8. The fraction of sp³-hybridized carbons (Fsp3) is 0.636. The van der Waals surface area contributed by atoms with Crippen LogP contribution in [0, 0.1) is 5.92 Å². The predicted molar refractivity (Wildman–Crippen MR) is 131 cm³/mol. The molecule has 2 unspecified atom stereocenters. The minimum atomic E-state index is 0. The summed E-state index contributed by atoms with van der Waals surface area (Å²) in [7, 11) is 3.60. The molecule has 1 aliphatic carbocycles. The standard InChI is InChI=1S/C22H35N5O2.HI/c1-5-19-18(21(28-4)27(3)26-19)15-24-22(23-13-12-17-10-8-14-29-17)25-20-11-7-6-9-16(20)2;/h8,10,14,16,20H,5-7,9,11-13,15H2,1-4H3,(H2,23,24,25);1H. The molecule has 3 rings (SSSR count). The van der Waals surface area contributed by atoms with Crippen molar-refractivity contribution in [2.24, 2.45) is 18.0 Å². The van der Waals surface area contributed by atoms with Crippen LogP contribution in [0.4, 0.5) is 0 Å². The molecule has 7 nitrogen and oxygen atoms in total. The van der Waals surface area contributed by atoms with Crippen molar-refractivity contribution in [3.63, 3.8) is 0 Å². The van der Waals surface area contributed by atoms with Gasteiger partial charge in [-0.3, -0.25) is 0 Å². The van der Waals surface area contributed by atoms with Crippen molar-refractivity contribution in [2.75, 3.05) is 13.7 Å². The van der Waals surface area contributed by atoms with Crippen LogP contribution in [0.3, 0.4) is 0 Å².